The second-order valence-electron chi connectivity index (χ2n) is 6.30. The van der Waals surface area contributed by atoms with Crippen molar-refractivity contribution in [1.82, 2.24) is 0 Å². The van der Waals surface area contributed by atoms with Gasteiger partial charge >= 0.3 is 0 Å². The molecule has 4 unspecified atom stereocenters. The standard InChI is InChI=1S/C14H30P/c1-7-8-12(4)15(6)10-14(13(15)5)9-11(2)3/h11-14H,7-10H2,1-6H3/q+1. The molecule has 1 fully saturated rings. The lowest BCUT2D eigenvalue weighted by molar-refractivity contribution is 0.402. The molecule has 90 valence electrons. The second-order valence-corrected chi connectivity index (χ2v) is 11.1. The lowest BCUT2D eigenvalue weighted by atomic mass is 9.95. The Labute approximate surface area is 97.6 Å². The Hall–Kier alpha value is 0.430. The zero-order valence-electron chi connectivity index (χ0n) is 11.6. The molecule has 1 saturated heterocycles. The van der Waals surface area contributed by atoms with Gasteiger partial charge in [0.2, 0.25) is 0 Å². The van der Waals surface area contributed by atoms with Gasteiger partial charge in [-0.1, -0.05) is 27.2 Å². The monoisotopic (exact) mass is 229 g/mol. The van der Waals surface area contributed by atoms with Crippen LogP contribution in [0.15, 0.2) is 0 Å². The minimum atomic E-state index is -0.554. The number of hydrogen-bond acceptors (Lipinski definition) is 0. The maximum atomic E-state index is 2.63. The van der Waals surface area contributed by atoms with E-state index in [1.165, 1.54) is 19.3 Å². The Morgan fingerprint density at radius 1 is 1.27 bits per heavy atom. The molecule has 0 bridgehead atoms. The van der Waals surface area contributed by atoms with E-state index >= 15 is 0 Å². The molecule has 15 heavy (non-hydrogen) atoms. The highest BCUT2D eigenvalue weighted by Crippen LogP contribution is 2.75. The molecule has 0 aromatic carbocycles. The Kier molecular flexibility index (Phi) is 4.65. The van der Waals surface area contributed by atoms with Crippen LogP contribution in [0.25, 0.3) is 0 Å². The van der Waals surface area contributed by atoms with E-state index in [1.807, 2.05) is 0 Å². The molecule has 4 atom stereocenters. The summed E-state index contributed by atoms with van der Waals surface area (Å²) in [6, 6.07) is 0. The third-order valence-electron chi connectivity index (χ3n) is 4.73. The molecular weight excluding hydrogens is 199 g/mol. The van der Waals surface area contributed by atoms with E-state index in [9.17, 15) is 0 Å². The Morgan fingerprint density at radius 3 is 2.27 bits per heavy atom. The quantitative estimate of drug-likeness (QED) is 0.589. The molecule has 0 aromatic heterocycles. The maximum Gasteiger partial charge on any atom is 0.0732 e. The van der Waals surface area contributed by atoms with Crippen LogP contribution in [0.4, 0.5) is 0 Å². The topological polar surface area (TPSA) is 0 Å². The summed E-state index contributed by atoms with van der Waals surface area (Å²) < 4.78 is 0. The van der Waals surface area contributed by atoms with Crippen LogP contribution < -0.4 is 0 Å². The predicted molar refractivity (Wildman–Crippen MR) is 74.5 cm³/mol. The van der Waals surface area contributed by atoms with Gasteiger partial charge in [-0.25, -0.2) is 0 Å². The molecule has 1 rings (SSSR count). The largest absolute Gasteiger partial charge is 0.0732 e. The van der Waals surface area contributed by atoms with Gasteiger partial charge in [0.05, 0.1) is 17.5 Å². The van der Waals surface area contributed by atoms with Crippen molar-refractivity contribution < 1.29 is 0 Å². The first kappa shape index (κ1) is 13.5. The average molecular weight is 229 g/mol. The molecule has 0 amide bonds. The van der Waals surface area contributed by atoms with Crippen molar-refractivity contribution in [2.24, 2.45) is 11.8 Å². The van der Waals surface area contributed by atoms with Crippen molar-refractivity contribution in [1.29, 1.82) is 0 Å². The second kappa shape index (κ2) is 5.17. The zero-order valence-corrected chi connectivity index (χ0v) is 12.5. The Morgan fingerprint density at radius 2 is 1.87 bits per heavy atom. The molecule has 0 aliphatic carbocycles. The summed E-state index contributed by atoms with van der Waals surface area (Å²) in [6.07, 6.45) is 5.89. The molecule has 1 aliphatic rings. The van der Waals surface area contributed by atoms with Gasteiger partial charge in [0.1, 0.15) is 0 Å². The van der Waals surface area contributed by atoms with E-state index in [1.54, 1.807) is 6.16 Å². The van der Waals surface area contributed by atoms with E-state index in [-0.39, 0.29) is 0 Å². The lowest BCUT2D eigenvalue weighted by Gasteiger charge is -2.49. The highest BCUT2D eigenvalue weighted by atomic mass is 31.2. The molecule has 0 saturated carbocycles. The predicted octanol–water partition coefficient (Wildman–Crippen LogP) is 4.89. The summed E-state index contributed by atoms with van der Waals surface area (Å²) in [4.78, 5) is 0. The fourth-order valence-electron chi connectivity index (χ4n) is 3.34. The Balaban J connectivity index is 2.47. The van der Waals surface area contributed by atoms with Crippen molar-refractivity contribution in [3.63, 3.8) is 0 Å². The summed E-state index contributed by atoms with van der Waals surface area (Å²) in [5.41, 5.74) is 2.09. The van der Waals surface area contributed by atoms with E-state index in [0.717, 1.165) is 23.2 Å². The maximum absolute atomic E-state index is 2.63. The van der Waals surface area contributed by atoms with Gasteiger partial charge in [-0.2, -0.15) is 0 Å². The van der Waals surface area contributed by atoms with Crippen LogP contribution >= 0.6 is 7.26 Å². The summed E-state index contributed by atoms with van der Waals surface area (Å²) in [6.45, 7) is 14.8. The summed E-state index contributed by atoms with van der Waals surface area (Å²) in [5.74, 6) is 1.95. The van der Waals surface area contributed by atoms with E-state index in [0.29, 0.717) is 0 Å². The van der Waals surface area contributed by atoms with Gasteiger partial charge in [-0.3, -0.25) is 0 Å². The van der Waals surface area contributed by atoms with Crippen LogP contribution in [0.1, 0.15) is 53.9 Å². The first-order valence-electron chi connectivity index (χ1n) is 6.76. The minimum Gasteiger partial charge on any atom is -0.0652 e. The van der Waals surface area contributed by atoms with Crippen molar-refractivity contribution in [3.05, 3.63) is 0 Å². The molecule has 1 heteroatoms. The van der Waals surface area contributed by atoms with Crippen LogP contribution in [0.5, 0.6) is 0 Å². The number of rotatable bonds is 5. The average Bonchev–Trinajstić information content (AvgIpc) is 2.16. The van der Waals surface area contributed by atoms with Gasteiger partial charge in [0.15, 0.2) is 0 Å². The minimum absolute atomic E-state index is 0.554. The number of hydrogen-bond donors (Lipinski definition) is 0. The van der Waals surface area contributed by atoms with Crippen molar-refractivity contribution in [2.45, 2.75) is 65.2 Å². The third kappa shape index (κ3) is 2.76. The Bertz CT molecular complexity index is 200. The normalized spacial score (nSPS) is 37.8. The molecule has 1 aliphatic heterocycles. The molecule has 0 radical (unpaired) electrons. The van der Waals surface area contributed by atoms with Crippen molar-refractivity contribution >= 4 is 7.26 Å². The van der Waals surface area contributed by atoms with Crippen molar-refractivity contribution in [2.75, 3.05) is 12.8 Å². The fraction of sp³-hybridized carbons (Fsp3) is 1.00. The summed E-state index contributed by atoms with van der Waals surface area (Å²) in [5, 5.41) is 0. The molecule has 0 N–H and O–H groups in total. The van der Waals surface area contributed by atoms with Gasteiger partial charge in [-0.15, -0.1) is 0 Å². The smallest absolute Gasteiger partial charge is 0.0652 e. The van der Waals surface area contributed by atoms with Crippen LogP contribution in [0.2, 0.25) is 0 Å². The molecule has 0 spiro atoms. The first-order chi connectivity index (χ1) is 6.91. The summed E-state index contributed by atoms with van der Waals surface area (Å²) >= 11 is 0. The van der Waals surface area contributed by atoms with Crippen LogP contribution in [-0.2, 0) is 0 Å². The molecule has 0 nitrogen and oxygen atoms in total. The third-order valence-corrected chi connectivity index (χ3v) is 10.5. The molecule has 1 heterocycles. The highest BCUT2D eigenvalue weighted by Gasteiger charge is 2.57. The fourth-order valence-corrected chi connectivity index (χ4v) is 7.96. The van der Waals surface area contributed by atoms with E-state index in [4.69, 9.17) is 0 Å². The zero-order chi connectivity index (χ0) is 11.6. The highest BCUT2D eigenvalue weighted by molar-refractivity contribution is 7.77. The SMILES string of the molecule is CCCC(C)[P+]1(C)CC(CC(C)C)C1C. The lowest BCUT2D eigenvalue weighted by Crippen LogP contribution is -2.42. The molecular formula is C14H30P+. The van der Waals surface area contributed by atoms with Crippen LogP contribution in [0.3, 0.4) is 0 Å². The van der Waals surface area contributed by atoms with Gasteiger partial charge in [0.25, 0.3) is 0 Å². The van der Waals surface area contributed by atoms with Crippen molar-refractivity contribution in [3.8, 4) is 0 Å². The summed E-state index contributed by atoms with van der Waals surface area (Å²) in [7, 11) is -0.554. The molecule has 0 aromatic rings. The van der Waals surface area contributed by atoms with Gasteiger partial charge in [0, 0.05) is 19.8 Å². The van der Waals surface area contributed by atoms with E-state index in [2.05, 4.69) is 41.3 Å². The van der Waals surface area contributed by atoms with Gasteiger partial charge < -0.3 is 0 Å². The van der Waals surface area contributed by atoms with Gasteiger partial charge in [-0.05, 0) is 32.6 Å². The van der Waals surface area contributed by atoms with Crippen LogP contribution in [0, 0.1) is 11.8 Å². The van der Waals surface area contributed by atoms with E-state index < -0.39 is 7.26 Å². The van der Waals surface area contributed by atoms with Crippen LogP contribution in [-0.4, -0.2) is 24.1 Å². The first-order valence-corrected chi connectivity index (χ1v) is 9.32.